The summed E-state index contributed by atoms with van der Waals surface area (Å²) in [6.45, 7) is 1.63. The van der Waals surface area contributed by atoms with Crippen molar-refractivity contribution in [2.45, 2.75) is 25.2 Å². The Bertz CT molecular complexity index is 408. The number of nitrogens with zero attached hydrogens (tertiary/aromatic N) is 1. The molecule has 1 aliphatic heterocycles. The molecule has 92 valence electrons. The molecule has 0 saturated carbocycles. The molecule has 0 unspecified atom stereocenters. The van der Waals surface area contributed by atoms with Gasteiger partial charge in [0.1, 0.15) is 0 Å². The highest BCUT2D eigenvalue weighted by Crippen LogP contribution is 2.27. The van der Waals surface area contributed by atoms with Crippen molar-refractivity contribution in [3.8, 4) is 0 Å². The standard InChI is InChI=1S/C12H15NO3S/c14-12(15)3-1-2-11-13-10(8-17-11)9-4-6-16-7-5-9/h1,3,8-9H,2,4-7H2,(H,14,15)/b3-1+. The monoisotopic (exact) mass is 253 g/mol. The lowest BCUT2D eigenvalue weighted by molar-refractivity contribution is -0.131. The van der Waals surface area contributed by atoms with Crippen molar-refractivity contribution in [1.29, 1.82) is 0 Å². The largest absolute Gasteiger partial charge is 0.478 e. The van der Waals surface area contributed by atoms with Crippen molar-refractivity contribution >= 4 is 17.3 Å². The molecule has 1 fully saturated rings. The van der Waals surface area contributed by atoms with Crippen LogP contribution in [0.3, 0.4) is 0 Å². The average molecular weight is 253 g/mol. The maximum absolute atomic E-state index is 10.3. The number of aliphatic carboxylic acids is 1. The Labute approximate surface area is 104 Å². The molecule has 2 rings (SSSR count). The first-order chi connectivity index (χ1) is 8.25. The number of carboxylic acid groups (broad SMARTS) is 1. The summed E-state index contributed by atoms with van der Waals surface area (Å²) in [6.07, 6.45) is 5.47. The van der Waals surface area contributed by atoms with Crippen LogP contribution in [0, 0.1) is 0 Å². The SMILES string of the molecule is O=C(O)/C=C/Cc1nc(C2CCOCC2)cs1. The van der Waals surface area contributed by atoms with Gasteiger partial charge in [0.2, 0.25) is 0 Å². The van der Waals surface area contributed by atoms with Gasteiger partial charge in [-0.05, 0) is 12.8 Å². The third-order valence-electron chi connectivity index (χ3n) is 2.76. The number of carboxylic acids is 1. The zero-order chi connectivity index (χ0) is 12.1. The van der Waals surface area contributed by atoms with Crippen molar-refractivity contribution in [3.05, 3.63) is 28.2 Å². The van der Waals surface area contributed by atoms with E-state index >= 15 is 0 Å². The summed E-state index contributed by atoms with van der Waals surface area (Å²) in [5.74, 6) is -0.400. The van der Waals surface area contributed by atoms with E-state index in [4.69, 9.17) is 9.84 Å². The molecule has 2 heterocycles. The van der Waals surface area contributed by atoms with Crippen molar-refractivity contribution in [3.63, 3.8) is 0 Å². The molecular formula is C12H15NO3S. The summed E-state index contributed by atoms with van der Waals surface area (Å²) in [7, 11) is 0. The van der Waals surface area contributed by atoms with Crippen molar-refractivity contribution in [2.75, 3.05) is 13.2 Å². The zero-order valence-corrected chi connectivity index (χ0v) is 10.3. The number of rotatable bonds is 4. The number of ether oxygens (including phenoxy) is 1. The Hall–Kier alpha value is -1.20. The minimum Gasteiger partial charge on any atom is -0.478 e. The molecule has 4 nitrogen and oxygen atoms in total. The first kappa shape index (κ1) is 12.3. The van der Waals surface area contributed by atoms with E-state index in [1.54, 1.807) is 17.4 Å². The Balaban J connectivity index is 1.93. The summed E-state index contributed by atoms with van der Waals surface area (Å²) < 4.78 is 5.32. The van der Waals surface area contributed by atoms with Gasteiger partial charge in [0, 0.05) is 37.0 Å². The fraction of sp³-hybridized carbons (Fsp3) is 0.500. The Kier molecular flexibility index (Phi) is 4.28. The summed E-state index contributed by atoms with van der Waals surface area (Å²) >= 11 is 1.60. The summed E-state index contributed by atoms with van der Waals surface area (Å²) in [6, 6.07) is 0. The molecular weight excluding hydrogens is 238 g/mol. The average Bonchev–Trinajstić information content (AvgIpc) is 2.78. The van der Waals surface area contributed by atoms with Gasteiger partial charge >= 0.3 is 5.97 Å². The van der Waals surface area contributed by atoms with Crippen LogP contribution < -0.4 is 0 Å². The lowest BCUT2D eigenvalue weighted by Crippen LogP contribution is -2.14. The summed E-state index contributed by atoms with van der Waals surface area (Å²) in [4.78, 5) is 14.9. The van der Waals surface area contributed by atoms with Gasteiger partial charge in [0.25, 0.3) is 0 Å². The normalized spacial score (nSPS) is 17.6. The predicted molar refractivity (Wildman–Crippen MR) is 65.4 cm³/mol. The number of aromatic nitrogens is 1. The fourth-order valence-corrected chi connectivity index (χ4v) is 2.71. The van der Waals surface area contributed by atoms with E-state index in [1.165, 1.54) is 0 Å². The van der Waals surface area contributed by atoms with E-state index in [9.17, 15) is 4.79 Å². The molecule has 5 heteroatoms. The number of carbonyl (C=O) groups is 1. The van der Waals surface area contributed by atoms with Crippen LogP contribution in [0.5, 0.6) is 0 Å². The number of allylic oxidation sites excluding steroid dienone is 1. The van der Waals surface area contributed by atoms with E-state index in [0.717, 1.165) is 42.8 Å². The van der Waals surface area contributed by atoms with Crippen LogP contribution in [0.25, 0.3) is 0 Å². The Morgan fingerprint density at radius 2 is 2.35 bits per heavy atom. The highest BCUT2D eigenvalue weighted by atomic mass is 32.1. The molecule has 1 saturated heterocycles. The summed E-state index contributed by atoms with van der Waals surface area (Å²) in [5.41, 5.74) is 1.14. The molecule has 1 aromatic rings. The fourth-order valence-electron chi connectivity index (χ4n) is 1.86. The summed E-state index contributed by atoms with van der Waals surface area (Å²) in [5, 5.41) is 11.5. The maximum Gasteiger partial charge on any atom is 0.327 e. The van der Waals surface area contributed by atoms with Gasteiger partial charge in [-0.3, -0.25) is 0 Å². The third kappa shape index (κ3) is 3.64. The minimum absolute atomic E-state index is 0.511. The van der Waals surface area contributed by atoms with Crippen LogP contribution in [-0.4, -0.2) is 29.3 Å². The lowest BCUT2D eigenvalue weighted by Gasteiger charge is -2.19. The second-order valence-electron chi connectivity index (χ2n) is 4.00. The second kappa shape index (κ2) is 5.93. The lowest BCUT2D eigenvalue weighted by atomic mass is 9.98. The highest BCUT2D eigenvalue weighted by molar-refractivity contribution is 7.09. The quantitative estimate of drug-likeness (QED) is 0.836. The third-order valence-corrected chi connectivity index (χ3v) is 3.65. The molecule has 1 aromatic heterocycles. The molecule has 0 amide bonds. The van der Waals surface area contributed by atoms with E-state index in [1.807, 2.05) is 0 Å². The van der Waals surface area contributed by atoms with Gasteiger partial charge < -0.3 is 9.84 Å². The first-order valence-corrected chi connectivity index (χ1v) is 6.55. The van der Waals surface area contributed by atoms with Gasteiger partial charge in [-0.25, -0.2) is 9.78 Å². The molecule has 0 aromatic carbocycles. The zero-order valence-electron chi connectivity index (χ0n) is 9.46. The molecule has 0 spiro atoms. The Morgan fingerprint density at radius 3 is 3.06 bits per heavy atom. The van der Waals surface area contributed by atoms with Crippen LogP contribution >= 0.6 is 11.3 Å². The van der Waals surface area contributed by atoms with E-state index in [0.29, 0.717) is 12.3 Å². The predicted octanol–water partition coefficient (Wildman–Crippen LogP) is 2.22. The van der Waals surface area contributed by atoms with Crippen LogP contribution in [0.2, 0.25) is 0 Å². The number of hydrogen-bond donors (Lipinski definition) is 1. The molecule has 0 atom stereocenters. The van der Waals surface area contributed by atoms with Gasteiger partial charge in [0.15, 0.2) is 0 Å². The van der Waals surface area contributed by atoms with Crippen molar-refractivity contribution in [1.82, 2.24) is 4.98 Å². The van der Waals surface area contributed by atoms with Gasteiger partial charge in [-0.2, -0.15) is 0 Å². The van der Waals surface area contributed by atoms with E-state index in [2.05, 4.69) is 10.4 Å². The smallest absolute Gasteiger partial charge is 0.327 e. The first-order valence-electron chi connectivity index (χ1n) is 5.67. The van der Waals surface area contributed by atoms with Crippen LogP contribution in [0.4, 0.5) is 0 Å². The molecule has 0 aliphatic carbocycles. The molecule has 0 radical (unpaired) electrons. The van der Waals surface area contributed by atoms with Crippen molar-refractivity contribution in [2.24, 2.45) is 0 Å². The van der Waals surface area contributed by atoms with Crippen LogP contribution in [-0.2, 0) is 16.0 Å². The number of thiazole rings is 1. The second-order valence-corrected chi connectivity index (χ2v) is 4.94. The van der Waals surface area contributed by atoms with Crippen LogP contribution in [0.15, 0.2) is 17.5 Å². The topological polar surface area (TPSA) is 59.4 Å². The Morgan fingerprint density at radius 1 is 1.59 bits per heavy atom. The van der Waals surface area contributed by atoms with Gasteiger partial charge in [-0.15, -0.1) is 11.3 Å². The molecule has 17 heavy (non-hydrogen) atoms. The number of hydrogen-bond acceptors (Lipinski definition) is 4. The molecule has 1 aliphatic rings. The van der Waals surface area contributed by atoms with Crippen LogP contribution in [0.1, 0.15) is 29.5 Å². The highest BCUT2D eigenvalue weighted by Gasteiger charge is 2.18. The van der Waals surface area contributed by atoms with Gasteiger partial charge in [-0.1, -0.05) is 6.08 Å². The minimum atomic E-state index is -0.911. The van der Waals surface area contributed by atoms with Gasteiger partial charge in [0.05, 0.1) is 10.7 Å². The van der Waals surface area contributed by atoms with E-state index in [-0.39, 0.29) is 0 Å². The maximum atomic E-state index is 10.3. The van der Waals surface area contributed by atoms with Crippen molar-refractivity contribution < 1.29 is 14.6 Å². The van der Waals surface area contributed by atoms with E-state index < -0.39 is 5.97 Å². The molecule has 0 bridgehead atoms. The molecule has 1 N–H and O–H groups in total.